The Hall–Kier alpha value is -2.00. The molecule has 0 radical (unpaired) electrons. The summed E-state index contributed by atoms with van der Waals surface area (Å²) < 4.78 is 17.1. The number of hydrogen-bond acceptors (Lipinski definition) is 8. The zero-order chi connectivity index (χ0) is 29.3. The van der Waals surface area contributed by atoms with E-state index in [1.165, 1.54) is 0 Å². The van der Waals surface area contributed by atoms with Gasteiger partial charge in [0.2, 0.25) is 0 Å². The largest absolute Gasteiger partial charge is 0.457 e. The molecule has 3 N–H and O–H groups in total. The summed E-state index contributed by atoms with van der Waals surface area (Å²) in [7, 11) is 0. The van der Waals surface area contributed by atoms with E-state index in [0.29, 0.717) is 0 Å². The quantitative estimate of drug-likeness (QED) is 0.158. The van der Waals surface area contributed by atoms with Crippen molar-refractivity contribution < 1.29 is 39.1 Å². The van der Waals surface area contributed by atoms with Crippen LogP contribution in [0.4, 0.5) is 0 Å². The number of aliphatic hydroxyl groups is 3. The van der Waals surface area contributed by atoms with Crippen LogP contribution < -0.4 is 0 Å². The zero-order valence-electron chi connectivity index (χ0n) is 24.7. The molecule has 1 saturated heterocycles. The molecule has 2 rings (SSSR count). The van der Waals surface area contributed by atoms with Crippen LogP contribution in [0.1, 0.15) is 87.0 Å². The van der Waals surface area contributed by atoms with E-state index < -0.39 is 35.9 Å². The average Bonchev–Trinajstić information content (AvgIpc) is 3.65. The third kappa shape index (κ3) is 10.5. The van der Waals surface area contributed by atoms with E-state index in [9.17, 15) is 24.9 Å². The van der Waals surface area contributed by atoms with Crippen molar-refractivity contribution in [1.29, 1.82) is 0 Å². The number of esters is 2. The van der Waals surface area contributed by atoms with Crippen molar-refractivity contribution in [2.24, 2.45) is 17.8 Å². The first-order valence-corrected chi connectivity index (χ1v) is 14.4. The first-order chi connectivity index (χ1) is 18.3. The molecule has 222 valence electrons. The number of cyclic esters (lactones) is 1. The Labute approximate surface area is 234 Å². The van der Waals surface area contributed by atoms with Crippen molar-refractivity contribution in [2.75, 3.05) is 0 Å². The molecule has 0 spiro atoms. The molecular weight excluding hydrogens is 500 g/mol. The standard InChI is InChI=1S/C31H50O8/c1-8-24(33)22(6)30-25(37-30)17-19(3)11-10-12-20(4)29-21(5)13-14-26(38-27(34)9-2)31(7,36)16-15-23(32)18-28(35)39-29/h10-14,19,21-26,29-30,32-33,36H,8-9,15-18H2,1-7H3/b11-10+,14-13+,20-12+. The highest BCUT2D eigenvalue weighted by Crippen LogP contribution is 2.36. The molecule has 0 aromatic carbocycles. The Morgan fingerprint density at radius 2 is 1.97 bits per heavy atom. The molecule has 2 heterocycles. The first kappa shape index (κ1) is 33.2. The molecule has 2 aliphatic rings. The minimum absolute atomic E-state index is 0.105. The molecule has 0 bridgehead atoms. The van der Waals surface area contributed by atoms with Crippen LogP contribution in [0, 0.1) is 17.8 Å². The highest BCUT2D eigenvalue weighted by molar-refractivity contribution is 5.70. The van der Waals surface area contributed by atoms with Gasteiger partial charge < -0.3 is 29.5 Å². The summed E-state index contributed by atoms with van der Waals surface area (Å²) in [5.74, 6) is -0.832. The van der Waals surface area contributed by atoms with Crippen molar-refractivity contribution in [3.8, 4) is 0 Å². The van der Waals surface area contributed by atoms with E-state index in [1.54, 1.807) is 26.0 Å². The molecule has 0 amide bonds. The number of rotatable bonds is 10. The molecule has 8 nitrogen and oxygen atoms in total. The van der Waals surface area contributed by atoms with Crippen molar-refractivity contribution in [3.63, 3.8) is 0 Å². The van der Waals surface area contributed by atoms with Crippen molar-refractivity contribution in [1.82, 2.24) is 0 Å². The number of aliphatic hydroxyl groups excluding tert-OH is 2. The summed E-state index contributed by atoms with van der Waals surface area (Å²) in [5.41, 5.74) is -0.578. The van der Waals surface area contributed by atoms with Crippen molar-refractivity contribution in [3.05, 3.63) is 36.0 Å². The summed E-state index contributed by atoms with van der Waals surface area (Å²) >= 11 is 0. The second-order valence-corrected chi connectivity index (χ2v) is 11.7. The molecule has 8 heteroatoms. The van der Waals surface area contributed by atoms with Crippen LogP contribution in [-0.4, -0.2) is 69.5 Å². The second-order valence-electron chi connectivity index (χ2n) is 11.7. The van der Waals surface area contributed by atoms with Gasteiger partial charge >= 0.3 is 11.9 Å². The molecular formula is C31H50O8. The van der Waals surface area contributed by atoms with E-state index in [0.717, 1.165) is 18.4 Å². The molecule has 1 fully saturated rings. The number of hydrogen-bond donors (Lipinski definition) is 3. The lowest BCUT2D eigenvalue weighted by Gasteiger charge is -2.32. The van der Waals surface area contributed by atoms with Gasteiger partial charge in [0, 0.05) is 18.3 Å². The number of ether oxygens (including phenoxy) is 3. The summed E-state index contributed by atoms with van der Waals surface area (Å²) in [4.78, 5) is 24.7. The maximum atomic E-state index is 12.6. The van der Waals surface area contributed by atoms with Gasteiger partial charge in [0.05, 0.1) is 30.8 Å². The monoisotopic (exact) mass is 550 g/mol. The Morgan fingerprint density at radius 1 is 1.28 bits per heavy atom. The molecule has 0 aliphatic carbocycles. The lowest BCUT2D eigenvalue weighted by molar-refractivity contribution is -0.159. The molecule has 0 aromatic heterocycles. The minimum atomic E-state index is -1.40. The fourth-order valence-corrected chi connectivity index (χ4v) is 5.01. The van der Waals surface area contributed by atoms with Crippen molar-refractivity contribution in [2.45, 2.75) is 129 Å². The Bertz CT molecular complexity index is 891. The van der Waals surface area contributed by atoms with Crippen molar-refractivity contribution >= 4 is 11.9 Å². The predicted octanol–water partition coefficient (Wildman–Crippen LogP) is 4.41. The lowest BCUT2D eigenvalue weighted by Crippen LogP contribution is -2.42. The summed E-state index contributed by atoms with van der Waals surface area (Å²) in [5, 5.41) is 31.5. The maximum absolute atomic E-state index is 12.6. The lowest BCUT2D eigenvalue weighted by atomic mass is 9.88. The highest BCUT2D eigenvalue weighted by Gasteiger charge is 2.45. The van der Waals surface area contributed by atoms with Gasteiger partial charge in [0.25, 0.3) is 0 Å². The SMILES string of the molecule is CCC(=O)OC1/C=C/C(C)C(/C(C)=C/C=C/C(C)CC2OC2C(C)C(O)CC)OC(=O)CC(O)CCC1(C)O. The zero-order valence-corrected chi connectivity index (χ0v) is 24.7. The minimum Gasteiger partial charge on any atom is -0.457 e. The van der Waals surface area contributed by atoms with Crippen LogP contribution in [0.3, 0.4) is 0 Å². The summed E-state index contributed by atoms with van der Waals surface area (Å²) in [6.07, 6.45) is 8.74. The van der Waals surface area contributed by atoms with Gasteiger partial charge in [-0.05, 0) is 57.1 Å². The molecule has 10 unspecified atom stereocenters. The van der Waals surface area contributed by atoms with Crippen LogP contribution in [0.5, 0.6) is 0 Å². The van der Waals surface area contributed by atoms with E-state index in [-0.39, 0.29) is 61.7 Å². The molecule has 10 atom stereocenters. The van der Waals surface area contributed by atoms with Crippen LogP contribution >= 0.6 is 0 Å². The van der Waals surface area contributed by atoms with Gasteiger partial charge in [-0.25, -0.2) is 0 Å². The van der Waals surface area contributed by atoms with E-state index >= 15 is 0 Å². The van der Waals surface area contributed by atoms with Crippen LogP contribution in [0.2, 0.25) is 0 Å². The smallest absolute Gasteiger partial charge is 0.309 e. The Morgan fingerprint density at radius 3 is 2.62 bits per heavy atom. The molecule has 0 saturated carbocycles. The predicted molar refractivity (Wildman–Crippen MR) is 150 cm³/mol. The van der Waals surface area contributed by atoms with Crippen LogP contribution in [0.25, 0.3) is 0 Å². The maximum Gasteiger partial charge on any atom is 0.309 e. The van der Waals surface area contributed by atoms with Gasteiger partial charge in [-0.3, -0.25) is 9.59 Å². The second kappa shape index (κ2) is 15.1. The normalized spacial score (nSPS) is 35.7. The first-order valence-electron chi connectivity index (χ1n) is 14.4. The van der Waals surface area contributed by atoms with E-state index in [1.807, 2.05) is 39.8 Å². The summed E-state index contributed by atoms with van der Waals surface area (Å²) in [6, 6.07) is 0. The molecule has 39 heavy (non-hydrogen) atoms. The van der Waals surface area contributed by atoms with E-state index in [2.05, 4.69) is 13.0 Å². The van der Waals surface area contributed by atoms with Gasteiger partial charge in [0.15, 0.2) is 0 Å². The highest BCUT2D eigenvalue weighted by atomic mass is 16.6. The van der Waals surface area contributed by atoms with Crippen LogP contribution in [-0.2, 0) is 23.8 Å². The van der Waals surface area contributed by atoms with Crippen LogP contribution in [0.15, 0.2) is 36.0 Å². The molecule has 0 aromatic rings. The Balaban J connectivity index is 2.14. The fourth-order valence-electron chi connectivity index (χ4n) is 5.01. The average molecular weight is 551 g/mol. The summed E-state index contributed by atoms with van der Waals surface area (Å²) in [6.45, 7) is 13.2. The topological polar surface area (TPSA) is 126 Å². The Kier molecular flexibility index (Phi) is 12.9. The number of epoxide rings is 1. The van der Waals surface area contributed by atoms with Gasteiger partial charge in [-0.2, -0.15) is 0 Å². The van der Waals surface area contributed by atoms with Gasteiger partial charge in [-0.1, -0.05) is 58.9 Å². The van der Waals surface area contributed by atoms with Gasteiger partial charge in [-0.15, -0.1) is 0 Å². The number of carbonyl (C=O) groups excluding carboxylic acids is 2. The van der Waals surface area contributed by atoms with E-state index in [4.69, 9.17) is 14.2 Å². The number of allylic oxidation sites excluding steroid dienone is 3. The molecule has 2 aliphatic heterocycles. The third-order valence-electron chi connectivity index (χ3n) is 7.89. The number of carbonyl (C=O) groups is 2. The third-order valence-corrected chi connectivity index (χ3v) is 7.89. The fraction of sp³-hybridized carbons (Fsp3) is 0.742. The van der Waals surface area contributed by atoms with Gasteiger partial charge in [0.1, 0.15) is 17.8 Å².